The Morgan fingerprint density at radius 1 is 1.44 bits per heavy atom. The predicted octanol–water partition coefficient (Wildman–Crippen LogP) is 2.28. The fourth-order valence-electron chi connectivity index (χ4n) is 3.15. The van der Waals surface area contributed by atoms with E-state index < -0.39 is 5.97 Å². The number of fused-ring (bicyclic) bond motifs is 2. The molecule has 2 unspecified atom stereocenters. The van der Waals surface area contributed by atoms with Crippen LogP contribution in [-0.4, -0.2) is 34.6 Å². The molecule has 0 aromatic heterocycles. The van der Waals surface area contributed by atoms with Gasteiger partial charge in [0.05, 0.1) is 0 Å². The minimum absolute atomic E-state index is 0.603. The lowest BCUT2D eigenvalue weighted by Gasteiger charge is -2.37. The molecule has 2 aliphatic heterocycles. The van der Waals surface area contributed by atoms with Gasteiger partial charge >= 0.3 is 5.97 Å². The molecule has 2 bridgehead atoms. The van der Waals surface area contributed by atoms with Crippen molar-refractivity contribution in [3.8, 4) is 0 Å². The number of rotatable bonds is 3. The lowest BCUT2D eigenvalue weighted by molar-refractivity contribution is -0.131. The van der Waals surface area contributed by atoms with Crippen molar-refractivity contribution in [1.82, 2.24) is 4.90 Å². The molecule has 2 fully saturated rings. The molecule has 0 amide bonds. The van der Waals surface area contributed by atoms with Gasteiger partial charge in [-0.05, 0) is 31.6 Å². The van der Waals surface area contributed by atoms with E-state index >= 15 is 0 Å². The summed E-state index contributed by atoms with van der Waals surface area (Å²) in [6.07, 6.45) is 5.85. The van der Waals surface area contributed by atoms with Gasteiger partial charge in [0.15, 0.2) is 0 Å². The van der Waals surface area contributed by atoms with E-state index in [0.717, 1.165) is 25.0 Å². The maximum Gasteiger partial charge on any atom is 0.328 e. The number of hydrogen-bond donors (Lipinski definition) is 1. The Bertz CT molecular complexity index is 293. The summed E-state index contributed by atoms with van der Waals surface area (Å²) in [7, 11) is 0. The van der Waals surface area contributed by atoms with Crippen LogP contribution in [0.3, 0.4) is 0 Å². The Hall–Kier alpha value is -0.830. The summed E-state index contributed by atoms with van der Waals surface area (Å²) < 4.78 is 0. The molecule has 2 rings (SSSR count). The van der Waals surface area contributed by atoms with Crippen LogP contribution in [0.1, 0.15) is 39.5 Å². The molecule has 16 heavy (non-hydrogen) atoms. The van der Waals surface area contributed by atoms with E-state index in [-0.39, 0.29) is 0 Å². The first kappa shape index (κ1) is 11.6. The molecule has 1 N–H and O–H groups in total. The largest absolute Gasteiger partial charge is 0.478 e. The summed E-state index contributed by atoms with van der Waals surface area (Å²) in [4.78, 5) is 13.3. The third kappa shape index (κ3) is 2.46. The second-order valence-corrected chi connectivity index (χ2v) is 5.52. The topological polar surface area (TPSA) is 40.5 Å². The lowest BCUT2D eigenvalue weighted by Crippen LogP contribution is -2.42. The van der Waals surface area contributed by atoms with E-state index in [1.54, 1.807) is 0 Å². The first-order valence-corrected chi connectivity index (χ1v) is 6.24. The van der Waals surface area contributed by atoms with Crippen LogP contribution in [0, 0.1) is 5.92 Å². The van der Waals surface area contributed by atoms with Crippen LogP contribution in [0.25, 0.3) is 0 Å². The number of aliphatic carboxylic acids is 1. The zero-order chi connectivity index (χ0) is 11.7. The number of carboxylic acids is 1. The third-order valence-electron chi connectivity index (χ3n) is 3.67. The number of carboxylic acid groups (broad SMARTS) is 1. The van der Waals surface area contributed by atoms with Gasteiger partial charge in [-0.3, -0.25) is 4.90 Å². The molecule has 2 atom stereocenters. The average molecular weight is 223 g/mol. The van der Waals surface area contributed by atoms with Gasteiger partial charge in [-0.1, -0.05) is 19.4 Å². The van der Waals surface area contributed by atoms with E-state index in [1.807, 2.05) is 0 Å². The Balaban J connectivity index is 2.03. The van der Waals surface area contributed by atoms with Crippen LogP contribution in [0.4, 0.5) is 0 Å². The van der Waals surface area contributed by atoms with Gasteiger partial charge in [0.25, 0.3) is 0 Å². The molecule has 2 saturated heterocycles. The van der Waals surface area contributed by atoms with E-state index in [0.29, 0.717) is 18.0 Å². The normalized spacial score (nSPS) is 29.8. The number of hydrogen-bond acceptors (Lipinski definition) is 2. The number of nitrogens with zero attached hydrogens (tertiary/aromatic N) is 1. The Kier molecular flexibility index (Phi) is 3.33. The first-order valence-electron chi connectivity index (χ1n) is 6.24. The van der Waals surface area contributed by atoms with Crippen LogP contribution >= 0.6 is 0 Å². The molecule has 2 aliphatic rings. The zero-order valence-electron chi connectivity index (χ0n) is 10.1. The lowest BCUT2D eigenvalue weighted by atomic mass is 9.95. The highest BCUT2D eigenvalue weighted by Gasteiger charge is 2.38. The van der Waals surface area contributed by atoms with E-state index in [2.05, 4.69) is 18.7 Å². The van der Waals surface area contributed by atoms with Crippen molar-refractivity contribution in [2.24, 2.45) is 5.92 Å². The standard InChI is InChI=1S/C13H21NO2/c1-9(2)8-14-11-3-4-12(14)6-10(5-11)7-13(15)16/h7,9,11-12H,3-6,8H2,1-2H3,(H,15,16). The molecule has 0 radical (unpaired) electrons. The van der Waals surface area contributed by atoms with Crippen molar-refractivity contribution >= 4 is 5.97 Å². The molecule has 3 nitrogen and oxygen atoms in total. The smallest absolute Gasteiger partial charge is 0.328 e. The summed E-state index contributed by atoms with van der Waals surface area (Å²) >= 11 is 0. The minimum atomic E-state index is -0.785. The molecular formula is C13H21NO2. The van der Waals surface area contributed by atoms with E-state index in [9.17, 15) is 4.79 Å². The summed E-state index contributed by atoms with van der Waals surface area (Å²) in [5.41, 5.74) is 1.14. The Labute approximate surface area is 97.1 Å². The highest BCUT2D eigenvalue weighted by Crippen LogP contribution is 2.38. The van der Waals surface area contributed by atoms with Crippen molar-refractivity contribution in [3.63, 3.8) is 0 Å². The molecule has 0 aromatic rings. The fourth-order valence-corrected chi connectivity index (χ4v) is 3.15. The SMILES string of the molecule is CC(C)CN1C2CCC1CC(=CC(=O)O)C2. The number of piperidine rings is 1. The maximum absolute atomic E-state index is 10.7. The molecule has 3 heteroatoms. The van der Waals surface area contributed by atoms with Gasteiger partial charge in [0.2, 0.25) is 0 Å². The molecule has 0 aromatic carbocycles. The Morgan fingerprint density at radius 2 is 2.00 bits per heavy atom. The van der Waals surface area contributed by atoms with E-state index in [4.69, 9.17) is 5.11 Å². The monoisotopic (exact) mass is 223 g/mol. The second-order valence-electron chi connectivity index (χ2n) is 5.52. The molecule has 90 valence electrons. The maximum atomic E-state index is 10.7. The Morgan fingerprint density at radius 3 is 2.44 bits per heavy atom. The molecule has 0 spiro atoms. The van der Waals surface area contributed by atoms with Crippen molar-refractivity contribution < 1.29 is 9.90 Å². The second kappa shape index (κ2) is 4.58. The molecule has 0 saturated carbocycles. The van der Waals surface area contributed by atoms with Crippen molar-refractivity contribution in [2.45, 2.75) is 51.6 Å². The van der Waals surface area contributed by atoms with Gasteiger partial charge < -0.3 is 5.11 Å². The molecular weight excluding hydrogens is 202 g/mol. The van der Waals surface area contributed by atoms with Crippen LogP contribution < -0.4 is 0 Å². The number of carbonyl (C=O) groups is 1. The van der Waals surface area contributed by atoms with Crippen LogP contribution in [-0.2, 0) is 4.79 Å². The van der Waals surface area contributed by atoms with Crippen molar-refractivity contribution in [1.29, 1.82) is 0 Å². The first-order chi connectivity index (χ1) is 7.56. The summed E-state index contributed by atoms with van der Waals surface area (Å²) in [6, 6.07) is 1.21. The summed E-state index contributed by atoms with van der Waals surface area (Å²) in [5, 5.41) is 8.78. The van der Waals surface area contributed by atoms with Crippen LogP contribution in [0.2, 0.25) is 0 Å². The summed E-state index contributed by atoms with van der Waals surface area (Å²) in [6.45, 7) is 5.67. The van der Waals surface area contributed by atoms with Crippen LogP contribution in [0.15, 0.2) is 11.6 Å². The highest BCUT2D eigenvalue weighted by molar-refractivity contribution is 5.80. The van der Waals surface area contributed by atoms with Crippen molar-refractivity contribution in [2.75, 3.05) is 6.54 Å². The molecule has 0 aliphatic carbocycles. The van der Waals surface area contributed by atoms with Gasteiger partial charge in [-0.15, -0.1) is 0 Å². The van der Waals surface area contributed by atoms with Gasteiger partial charge in [-0.25, -0.2) is 4.79 Å². The third-order valence-corrected chi connectivity index (χ3v) is 3.67. The van der Waals surface area contributed by atoms with Crippen LogP contribution in [0.5, 0.6) is 0 Å². The zero-order valence-corrected chi connectivity index (χ0v) is 10.1. The predicted molar refractivity (Wildman–Crippen MR) is 63.3 cm³/mol. The quantitative estimate of drug-likeness (QED) is 0.746. The average Bonchev–Trinajstić information content (AvgIpc) is 2.43. The van der Waals surface area contributed by atoms with Gasteiger partial charge in [-0.2, -0.15) is 0 Å². The highest BCUT2D eigenvalue weighted by atomic mass is 16.4. The minimum Gasteiger partial charge on any atom is -0.478 e. The van der Waals surface area contributed by atoms with Gasteiger partial charge in [0, 0.05) is 24.7 Å². The molecule has 2 heterocycles. The fraction of sp³-hybridized carbons (Fsp3) is 0.769. The van der Waals surface area contributed by atoms with Crippen molar-refractivity contribution in [3.05, 3.63) is 11.6 Å². The summed E-state index contributed by atoms with van der Waals surface area (Å²) in [5.74, 6) is -0.0835. The van der Waals surface area contributed by atoms with Gasteiger partial charge in [0.1, 0.15) is 0 Å². The van der Waals surface area contributed by atoms with E-state index in [1.165, 1.54) is 18.9 Å².